The summed E-state index contributed by atoms with van der Waals surface area (Å²) in [7, 11) is 0. The van der Waals surface area contributed by atoms with Crippen LogP contribution in [0.4, 0.5) is 0 Å². The van der Waals surface area contributed by atoms with Gasteiger partial charge in [-0.2, -0.15) is 0 Å². The predicted octanol–water partition coefficient (Wildman–Crippen LogP) is 2.99. The SMILES string of the molecule is CC(CN)C/C=C/CC/C=C/CC(C)(C)N. The maximum absolute atomic E-state index is 5.87. The molecule has 1 atom stereocenters. The zero-order valence-electron chi connectivity index (χ0n) is 11.1. The number of allylic oxidation sites excluding steroid dienone is 3. The first-order chi connectivity index (χ1) is 7.45. The molecule has 0 aliphatic carbocycles. The fourth-order valence-corrected chi connectivity index (χ4v) is 1.24. The Morgan fingerprint density at radius 3 is 2.12 bits per heavy atom. The van der Waals surface area contributed by atoms with E-state index < -0.39 is 0 Å². The molecule has 0 saturated heterocycles. The van der Waals surface area contributed by atoms with Crippen molar-refractivity contribution < 1.29 is 0 Å². The van der Waals surface area contributed by atoms with E-state index in [1.807, 2.05) is 13.8 Å². The summed E-state index contributed by atoms with van der Waals surface area (Å²) in [6.07, 6.45) is 13.1. The van der Waals surface area contributed by atoms with Crippen molar-refractivity contribution in [2.75, 3.05) is 6.54 Å². The average molecular weight is 224 g/mol. The molecule has 0 aromatic rings. The molecule has 2 nitrogen and oxygen atoms in total. The Kier molecular flexibility index (Phi) is 8.22. The maximum Gasteiger partial charge on any atom is 0.0132 e. The average Bonchev–Trinajstić information content (AvgIpc) is 2.20. The van der Waals surface area contributed by atoms with Crippen LogP contribution in [0.3, 0.4) is 0 Å². The van der Waals surface area contributed by atoms with E-state index in [1.165, 1.54) is 0 Å². The lowest BCUT2D eigenvalue weighted by atomic mass is 10.0. The fraction of sp³-hybridized carbons (Fsp3) is 0.714. The van der Waals surface area contributed by atoms with Crippen molar-refractivity contribution in [2.45, 2.75) is 52.0 Å². The zero-order valence-corrected chi connectivity index (χ0v) is 11.1. The van der Waals surface area contributed by atoms with E-state index in [-0.39, 0.29) is 5.54 Å². The molecule has 0 spiro atoms. The molecule has 0 saturated carbocycles. The molecule has 0 fully saturated rings. The lowest BCUT2D eigenvalue weighted by Crippen LogP contribution is -2.30. The summed E-state index contributed by atoms with van der Waals surface area (Å²) in [5, 5.41) is 0. The van der Waals surface area contributed by atoms with E-state index in [1.54, 1.807) is 0 Å². The minimum atomic E-state index is -0.0805. The van der Waals surface area contributed by atoms with E-state index >= 15 is 0 Å². The lowest BCUT2D eigenvalue weighted by molar-refractivity contribution is 0.527. The molecule has 0 aliphatic rings. The highest BCUT2D eigenvalue weighted by atomic mass is 14.7. The Labute approximate surface area is 101 Å². The Morgan fingerprint density at radius 1 is 1.06 bits per heavy atom. The molecule has 0 aromatic carbocycles. The van der Waals surface area contributed by atoms with Gasteiger partial charge in [-0.1, -0.05) is 31.2 Å². The first kappa shape index (κ1) is 15.4. The van der Waals surface area contributed by atoms with Crippen LogP contribution in [0, 0.1) is 5.92 Å². The van der Waals surface area contributed by atoms with Crippen molar-refractivity contribution >= 4 is 0 Å². The summed E-state index contributed by atoms with van der Waals surface area (Å²) < 4.78 is 0. The first-order valence-corrected chi connectivity index (χ1v) is 6.24. The third-order valence-electron chi connectivity index (χ3n) is 2.42. The first-order valence-electron chi connectivity index (χ1n) is 6.24. The monoisotopic (exact) mass is 224 g/mol. The smallest absolute Gasteiger partial charge is 0.0132 e. The molecule has 0 rings (SSSR count). The van der Waals surface area contributed by atoms with Crippen LogP contribution in [0.15, 0.2) is 24.3 Å². The van der Waals surface area contributed by atoms with E-state index in [0.29, 0.717) is 5.92 Å². The number of rotatable bonds is 8. The molecular weight excluding hydrogens is 196 g/mol. The highest BCUT2D eigenvalue weighted by Crippen LogP contribution is 2.06. The van der Waals surface area contributed by atoms with Crippen LogP contribution in [0.1, 0.15) is 46.5 Å². The molecule has 4 N–H and O–H groups in total. The fourth-order valence-electron chi connectivity index (χ4n) is 1.24. The predicted molar refractivity (Wildman–Crippen MR) is 73.2 cm³/mol. The van der Waals surface area contributed by atoms with Crippen molar-refractivity contribution in [3.05, 3.63) is 24.3 Å². The van der Waals surface area contributed by atoms with Gasteiger partial charge in [0.1, 0.15) is 0 Å². The van der Waals surface area contributed by atoms with Crippen molar-refractivity contribution in [1.82, 2.24) is 0 Å². The highest BCUT2D eigenvalue weighted by molar-refractivity contribution is 4.92. The molecule has 0 radical (unpaired) electrons. The summed E-state index contributed by atoms with van der Waals surface area (Å²) >= 11 is 0. The van der Waals surface area contributed by atoms with E-state index in [9.17, 15) is 0 Å². The van der Waals surface area contributed by atoms with Crippen molar-refractivity contribution in [2.24, 2.45) is 17.4 Å². The second-order valence-corrected chi connectivity index (χ2v) is 5.29. The summed E-state index contributed by atoms with van der Waals surface area (Å²) in [5.41, 5.74) is 11.3. The summed E-state index contributed by atoms with van der Waals surface area (Å²) in [4.78, 5) is 0. The number of nitrogens with two attached hydrogens (primary N) is 2. The van der Waals surface area contributed by atoms with Crippen molar-refractivity contribution in [3.63, 3.8) is 0 Å². The number of hydrogen-bond acceptors (Lipinski definition) is 2. The Hall–Kier alpha value is -0.600. The third kappa shape index (κ3) is 11.5. The molecule has 94 valence electrons. The van der Waals surface area contributed by atoms with Crippen LogP contribution in [-0.4, -0.2) is 12.1 Å². The van der Waals surface area contributed by atoms with Gasteiger partial charge in [0.15, 0.2) is 0 Å². The van der Waals surface area contributed by atoms with Gasteiger partial charge in [-0.25, -0.2) is 0 Å². The standard InChI is InChI=1S/C14H28N2/c1-13(12-15)10-8-6-4-5-7-9-11-14(2,3)16/h6-9,13H,4-5,10-12,15-16H2,1-3H3/b8-6+,9-7+. The zero-order chi connectivity index (χ0) is 12.4. The molecule has 2 heteroatoms. The molecule has 0 aromatic heterocycles. The maximum atomic E-state index is 5.87. The summed E-state index contributed by atoms with van der Waals surface area (Å²) in [6, 6.07) is 0. The van der Waals surface area contributed by atoms with Crippen molar-refractivity contribution in [3.8, 4) is 0 Å². The Bertz CT molecular complexity index is 211. The van der Waals surface area contributed by atoms with Crippen LogP contribution < -0.4 is 11.5 Å². The lowest BCUT2D eigenvalue weighted by Gasteiger charge is -2.14. The molecule has 0 amide bonds. The Morgan fingerprint density at radius 2 is 1.62 bits per heavy atom. The van der Waals surface area contributed by atoms with Gasteiger partial charge in [-0.3, -0.25) is 0 Å². The highest BCUT2D eigenvalue weighted by Gasteiger charge is 2.05. The second-order valence-electron chi connectivity index (χ2n) is 5.29. The molecular formula is C14H28N2. The van der Waals surface area contributed by atoms with E-state index in [2.05, 4.69) is 31.2 Å². The Balaban J connectivity index is 3.46. The van der Waals surface area contributed by atoms with Gasteiger partial charge in [0, 0.05) is 5.54 Å². The van der Waals surface area contributed by atoms with Gasteiger partial charge in [0.05, 0.1) is 0 Å². The molecule has 0 heterocycles. The van der Waals surface area contributed by atoms with Gasteiger partial charge in [0.2, 0.25) is 0 Å². The second kappa shape index (κ2) is 8.54. The summed E-state index contributed by atoms with van der Waals surface area (Å²) in [5.74, 6) is 0.602. The van der Waals surface area contributed by atoms with Gasteiger partial charge < -0.3 is 11.5 Å². The van der Waals surface area contributed by atoms with Crippen LogP contribution >= 0.6 is 0 Å². The summed E-state index contributed by atoms with van der Waals surface area (Å²) in [6.45, 7) is 7.04. The number of unbranched alkanes of at least 4 members (excludes halogenated alkanes) is 1. The van der Waals surface area contributed by atoms with E-state index in [4.69, 9.17) is 11.5 Å². The molecule has 0 bridgehead atoms. The van der Waals surface area contributed by atoms with Crippen LogP contribution in [0.2, 0.25) is 0 Å². The van der Waals surface area contributed by atoms with Crippen LogP contribution in [-0.2, 0) is 0 Å². The van der Waals surface area contributed by atoms with E-state index in [0.717, 1.165) is 32.2 Å². The van der Waals surface area contributed by atoms with Crippen molar-refractivity contribution in [1.29, 1.82) is 0 Å². The minimum Gasteiger partial charge on any atom is -0.330 e. The largest absolute Gasteiger partial charge is 0.330 e. The third-order valence-corrected chi connectivity index (χ3v) is 2.42. The quantitative estimate of drug-likeness (QED) is 0.492. The number of hydrogen-bond donors (Lipinski definition) is 2. The van der Waals surface area contributed by atoms with Gasteiger partial charge >= 0.3 is 0 Å². The molecule has 1 unspecified atom stereocenters. The van der Waals surface area contributed by atoms with Gasteiger partial charge in [-0.05, 0) is 52.0 Å². The van der Waals surface area contributed by atoms with Crippen LogP contribution in [0.5, 0.6) is 0 Å². The molecule has 0 aliphatic heterocycles. The minimum absolute atomic E-state index is 0.0805. The normalized spacial score (nSPS) is 15.1. The van der Waals surface area contributed by atoms with Gasteiger partial charge in [0.25, 0.3) is 0 Å². The van der Waals surface area contributed by atoms with Crippen LogP contribution in [0.25, 0.3) is 0 Å². The molecule has 16 heavy (non-hydrogen) atoms. The van der Waals surface area contributed by atoms with Gasteiger partial charge in [-0.15, -0.1) is 0 Å². The topological polar surface area (TPSA) is 52.0 Å².